The van der Waals surface area contributed by atoms with Crippen LogP contribution in [0.25, 0.3) is 0 Å². The van der Waals surface area contributed by atoms with Gasteiger partial charge in [-0.15, -0.1) is 0 Å². The van der Waals surface area contributed by atoms with Gasteiger partial charge in [0, 0.05) is 18.2 Å². The third-order valence-corrected chi connectivity index (χ3v) is 2.68. The second kappa shape index (κ2) is 2.41. The number of Topliss-reactive ketones (excluding diaryl/α,β-unsaturated/α-hetero) is 1. The third kappa shape index (κ3) is 0.801. The summed E-state index contributed by atoms with van der Waals surface area (Å²) in [5.74, 6) is -0.364. The van der Waals surface area contributed by atoms with Crippen LogP contribution in [0.1, 0.15) is 38.4 Å². The van der Waals surface area contributed by atoms with E-state index in [1.54, 1.807) is 6.20 Å². The summed E-state index contributed by atoms with van der Waals surface area (Å²) < 4.78 is 4.84. The van der Waals surface area contributed by atoms with Gasteiger partial charge in [0.1, 0.15) is 6.61 Å². The minimum Gasteiger partial charge on any atom is -0.455 e. The van der Waals surface area contributed by atoms with E-state index in [4.69, 9.17) is 4.74 Å². The minimum absolute atomic E-state index is 0.0394. The van der Waals surface area contributed by atoms with E-state index in [1.165, 1.54) is 0 Å². The molecule has 0 fully saturated rings. The van der Waals surface area contributed by atoms with Crippen LogP contribution >= 0.6 is 0 Å². The summed E-state index contributed by atoms with van der Waals surface area (Å²) in [5.41, 5.74) is 2.44. The number of carbonyl (C=O) groups is 2. The van der Waals surface area contributed by atoms with Crippen molar-refractivity contribution in [1.29, 1.82) is 0 Å². The van der Waals surface area contributed by atoms with Gasteiger partial charge in [0.05, 0.1) is 11.3 Å². The molecule has 0 saturated heterocycles. The summed E-state index contributed by atoms with van der Waals surface area (Å²) in [7, 11) is 0. The third-order valence-electron chi connectivity index (χ3n) is 2.68. The van der Waals surface area contributed by atoms with Gasteiger partial charge in [0.25, 0.3) is 0 Å². The number of hydrogen-bond acceptors (Lipinski definition) is 4. The number of esters is 1. The van der Waals surface area contributed by atoms with E-state index < -0.39 is 5.97 Å². The maximum absolute atomic E-state index is 11.5. The van der Waals surface area contributed by atoms with Gasteiger partial charge in [0.15, 0.2) is 5.78 Å². The number of hydrogen-bond donors (Lipinski definition) is 0. The molecule has 4 heteroatoms. The number of ketones is 1. The molecule has 0 radical (unpaired) electrons. The quantitative estimate of drug-likeness (QED) is 0.568. The molecule has 1 aliphatic heterocycles. The van der Waals surface area contributed by atoms with Gasteiger partial charge in [0.2, 0.25) is 0 Å². The van der Waals surface area contributed by atoms with Crippen molar-refractivity contribution >= 4 is 11.8 Å². The number of aromatic nitrogens is 1. The molecule has 3 rings (SSSR count). The molecule has 0 unspecified atom stereocenters. The fraction of sp³-hybridized carbons (Fsp3) is 0.300. The number of carbonyl (C=O) groups excluding carboxylic acids is 2. The zero-order valence-electron chi connectivity index (χ0n) is 7.37. The monoisotopic (exact) mass is 189 g/mol. The normalized spacial score (nSPS) is 18.0. The molecule has 1 aliphatic carbocycles. The second-order valence-electron chi connectivity index (χ2n) is 3.48. The molecule has 0 bridgehead atoms. The number of aryl methyl sites for hydroxylation is 1. The van der Waals surface area contributed by atoms with Crippen molar-refractivity contribution in [3.63, 3.8) is 0 Å². The molecule has 0 atom stereocenters. The largest absolute Gasteiger partial charge is 0.455 e. The lowest BCUT2D eigenvalue weighted by Crippen LogP contribution is -2.05. The Morgan fingerprint density at radius 2 is 2.07 bits per heavy atom. The summed E-state index contributed by atoms with van der Waals surface area (Å²) in [4.78, 5) is 27.0. The molecular formula is C10H7NO3. The van der Waals surface area contributed by atoms with E-state index in [1.807, 2.05) is 0 Å². The van der Waals surface area contributed by atoms with Crippen LogP contribution in [0, 0.1) is 0 Å². The van der Waals surface area contributed by atoms with Crippen molar-refractivity contribution in [1.82, 2.24) is 4.98 Å². The van der Waals surface area contributed by atoms with Gasteiger partial charge < -0.3 is 4.74 Å². The Morgan fingerprint density at radius 1 is 1.21 bits per heavy atom. The minimum atomic E-state index is -0.403. The van der Waals surface area contributed by atoms with Crippen molar-refractivity contribution in [2.75, 3.05) is 0 Å². The molecule has 1 aromatic rings. The molecule has 4 nitrogen and oxygen atoms in total. The Morgan fingerprint density at radius 3 is 2.93 bits per heavy atom. The molecule has 14 heavy (non-hydrogen) atoms. The highest BCUT2D eigenvalue weighted by Gasteiger charge is 2.33. The number of rotatable bonds is 0. The zero-order chi connectivity index (χ0) is 9.71. The molecular weight excluding hydrogens is 182 g/mol. The number of pyridine rings is 1. The molecule has 2 heterocycles. The number of fused-ring (bicyclic) bond motifs is 3. The van der Waals surface area contributed by atoms with Gasteiger partial charge in [-0.2, -0.15) is 0 Å². The Kier molecular flexibility index (Phi) is 1.32. The van der Waals surface area contributed by atoms with E-state index in [2.05, 4.69) is 4.98 Å². The zero-order valence-corrected chi connectivity index (χ0v) is 7.37. The Hall–Kier alpha value is -1.71. The van der Waals surface area contributed by atoms with Gasteiger partial charge in [-0.25, -0.2) is 4.79 Å². The first kappa shape index (κ1) is 7.67. The van der Waals surface area contributed by atoms with Crippen molar-refractivity contribution in [3.8, 4) is 0 Å². The van der Waals surface area contributed by atoms with Gasteiger partial charge in [-0.05, 0) is 12.0 Å². The standard InChI is InChI=1S/C10H7NO3/c12-7-2-1-5-3-11-6-4-14-10(13)9(6)8(5)7/h3H,1-2,4H2. The van der Waals surface area contributed by atoms with E-state index in [9.17, 15) is 9.59 Å². The van der Waals surface area contributed by atoms with Crippen LogP contribution in [0.5, 0.6) is 0 Å². The van der Waals surface area contributed by atoms with Crippen LogP contribution in [0.3, 0.4) is 0 Å². The summed E-state index contributed by atoms with van der Waals surface area (Å²) in [5, 5.41) is 0. The van der Waals surface area contributed by atoms with Gasteiger partial charge >= 0.3 is 5.97 Å². The molecule has 70 valence electrons. The first-order chi connectivity index (χ1) is 6.77. The summed E-state index contributed by atoms with van der Waals surface area (Å²) in [6.07, 6.45) is 2.86. The van der Waals surface area contributed by atoms with Crippen LogP contribution in [0.15, 0.2) is 6.20 Å². The van der Waals surface area contributed by atoms with Gasteiger partial charge in [-0.3, -0.25) is 9.78 Å². The average molecular weight is 189 g/mol. The second-order valence-corrected chi connectivity index (χ2v) is 3.48. The van der Waals surface area contributed by atoms with Crippen molar-refractivity contribution in [2.24, 2.45) is 0 Å². The highest BCUT2D eigenvalue weighted by atomic mass is 16.5. The van der Waals surface area contributed by atoms with Crippen molar-refractivity contribution in [3.05, 3.63) is 28.6 Å². The van der Waals surface area contributed by atoms with E-state index in [0.29, 0.717) is 29.7 Å². The Balaban J connectivity index is 2.34. The number of nitrogens with zero attached hydrogens (tertiary/aromatic N) is 1. The van der Waals surface area contributed by atoms with Crippen molar-refractivity contribution < 1.29 is 14.3 Å². The van der Waals surface area contributed by atoms with E-state index in [0.717, 1.165) is 5.56 Å². The Labute approximate surface area is 79.9 Å². The predicted molar refractivity (Wildman–Crippen MR) is 46.0 cm³/mol. The van der Waals surface area contributed by atoms with Gasteiger partial charge in [-0.1, -0.05) is 0 Å². The van der Waals surface area contributed by atoms with E-state index >= 15 is 0 Å². The average Bonchev–Trinajstić information content (AvgIpc) is 2.72. The van der Waals surface area contributed by atoms with Crippen LogP contribution in [0.4, 0.5) is 0 Å². The fourth-order valence-corrected chi connectivity index (χ4v) is 2.01. The molecule has 1 aromatic heterocycles. The summed E-state index contributed by atoms with van der Waals surface area (Å²) in [6.45, 7) is 0.203. The fourth-order valence-electron chi connectivity index (χ4n) is 2.01. The first-order valence-electron chi connectivity index (χ1n) is 4.48. The maximum Gasteiger partial charge on any atom is 0.341 e. The van der Waals surface area contributed by atoms with Crippen molar-refractivity contribution in [2.45, 2.75) is 19.4 Å². The summed E-state index contributed by atoms with van der Waals surface area (Å²) in [6, 6.07) is 0. The number of ether oxygens (including phenoxy) is 1. The molecule has 0 aromatic carbocycles. The molecule has 0 saturated carbocycles. The molecule has 0 spiro atoms. The van der Waals surface area contributed by atoms with Crippen LogP contribution in [-0.2, 0) is 17.8 Å². The lowest BCUT2D eigenvalue weighted by Gasteiger charge is -2.00. The predicted octanol–water partition coefficient (Wildman–Crippen LogP) is 0.881. The molecule has 2 aliphatic rings. The lowest BCUT2D eigenvalue weighted by molar-refractivity contribution is 0.0531. The molecule has 0 amide bonds. The van der Waals surface area contributed by atoms with Crippen LogP contribution in [-0.4, -0.2) is 16.7 Å². The highest BCUT2D eigenvalue weighted by molar-refractivity contribution is 6.10. The SMILES string of the molecule is O=C1CCc2cnc3c(c21)C(=O)OC3. The topological polar surface area (TPSA) is 56.3 Å². The van der Waals surface area contributed by atoms with Crippen LogP contribution < -0.4 is 0 Å². The van der Waals surface area contributed by atoms with E-state index in [-0.39, 0.29) is 12.4 Å². The number of cyclic esters (lactones) is 1. The maximum atomic E-state index is 11.5. The molecule has 0 N–H and O–H groups in total. The summed E-state index contributed by atoms with van der Waals surface area (Å²) >= 11 is 0. The van der Waals surface area contributed by atoms with Crippen LogP contribution in [0.2, 0.25) is 0 Å². The highest BCUT2D eigenvalue weighted by Crippen LogP contribution is 2.30. The Bertz CT molecular complexity index is 422. The first-order valence-corrected chi connectivity index (χ1v) is 4.48. The smallest absolute Gasteiger partial charge is 0.341 e. The lowest BCUT2D eigenvalue weighted by atomic mass is 10.0.